The van der Waals surface area contributed by atoms with Gasteiger partial charge in [-0.05, 0) is 31.8 Å². The smallest absolute Gasteiger partial charge is 0.227 e. The summed E-state index contributed by atoms with van der Waals surface area (Å²) in [6.45, 7) is 13.0. The summed E-state index contributed by atoms with van der Waals surface area (Å²) in [5.41, 5.74) is 5.74. The fourth-order valence-electron chi connectivity index (χ4n) is 3.08. The molecule has 1 rings (SSSR count). The summed E-state index contributed by atoms with van der Waals surface area (Å²) in [6.07, 6.45) is 2.20. The third-order valence-electron chi connectivity index (χ3n) is 4.48. The lowest BCUT2D eigenvalue weighted by Crippen LogP contribution is -2.49. The molecule has 0 aromatic carbocycles. The summed E-state index contributed by atoms with van der Waals surface area (Å²) < 4.78 is 0. The van der Waals surface area contributed by atoms with Gasteiger partial charge in [-0.2, -0.15) is 0 Å². The van der Waals surface area contributed by atoms with E-state index in [0.717, 1.165) is 39.0 Å². The number of nitrogens with zero attached hydrogens (tertiary/aromatic N) is 2. The van der Waals surface area contributed by atoms with E-state index in [-0.39, 0.29) is 11.8 Å². The van der Waals surface area contributed by atoms with Crippen molar-refractivity contribution in [3.63, 3.8) is 0 Å². The molecule has 4 heteroatoms. The van der Waals surface area contributed by atoms with Crippen molar-refractivity contribution >= 4 is 5.91 Å². The van der Waals surface area contributed by atoms with Gasteiger partial charge in [-0.25, -0.2) is 0 Å². The van der Waals surface area contributed by atoms with Crippen LogP contribution in [0.25, 0.3) is 0 Å². The van der Waals surface area contributed by atoms with Gasteiger partial charge in [-0.3, -0.25) is 4.79 Å². The molecule has 0 bridgehead atoms. The molecule has 0 saturated carbocycles. The lowest BCUT2D eigenvalue weighted by Gasteiger charge is -2.39. The van der Waals surface area contributed by atoms with Gasteiger partial charge < -0.3 is 15.5 Å². The Morgan fingerprint density at radius 2 is 1.79 bits per heavy atom. The van der Waals surface area contributed by atoms with Crippen LogP contribution in [0.4, 0.5) is 0 Å². The highest BCUT2D eigenvalue weighted by molar-refractivity contribution is 5.79. The first-order valence-electron chi connectivity index (χ1n) is 7.77. The van der Waals surface area contributed by atoms with E-state index >= 15 is 0 Å². The van der Waals surface area contributed by atoms with Gasteiger partial charge in [0.25, 0.3) is 0 Å². The summed E-state index contributed by atoms with van der Waals surface area (Å²) >= 11 is 0. The van der Waals surface area contributed by atoms with Gasteiger partial charge in [0.15, 0.2) is 0 Å². The summed E-state index contributed by atoms with van der Waals surface area (Å²) in [6, 6.07) is 0.648. The van der Waals surface area contributed by atoms with Crippen molar-refractivity contribution < 1.29 is 4.79 Å². The molecular formula is C15H31N3O. The van der Waals surface area contributed by atoms with E-state index in [2.05, 4.69) is 32.6 Å². The van der Waals surface area contributed by atoms with E-state index < -0.39 is 0 Å². The molecule has 2 N–H and O–H groups in total. The molecule has 1 aliphatic rings. The number of rotatable bonds is 6. The average Bonchev–Trinajstić information content (AvgIpc) is 2.41. The van der Waals surface area contributed by atoms with Gasteiger partial charge >= 0.3 is 0 Å². The van der Waals surface area contributed by atoms with Crippen molar-refractivity contribution in [1.82, 2.24) is 9.80 Å². The number of hydrogen-bond donors (Lipinski definition) is 1. The zero-order valence-corrected chi connectivity index (χ0v) is 13.1. The summed E-state index contributed by atoms with van der Waals surface area (Å²) in [5.74, 6) is 0.582. The van der Waals surface area contributed by atoms with Crippen LogP contribution in [-0.4, -0.2) is 54.5 Å². The number of nitrogens with two attached hydrogens (primary N) is 1. The number of likely N-dealkylation sites (tertiary alicyclic amines) is 1. The minimum Gasteiger partial charge on any atom is -0.342 e. The largest absolute Gasteiger partial charge is 0.342 e. The van der Waals surface area contributed by atoms with Crippen molar-refractivity contribution in [2.75, 3.05) is 32.7 Å². The minimum absolute atomic E-state index is 0.00926. The number of carbonyl (C=O) groups excluding carboxylic acids is 1. The summed E-state index contributed by atoms with van der Waals surface area (Å²) in [5, 5.41) is 0. The maximum atomic E-state index is 12.4. The van der Waals surface area contributed by atoms with Crippen LogP contribution in [0.2, 0.25) is 0 Å². The lowest BCUT2D eigenvalue weighted by molar-refractivity contribution is -0.138. The van der Waals surface area contributed by atoms with Crippen molar-refractivity contribution in [3.8, 4) is 0 Å². The Labute approximate surface area is 118 Å². The van der Waals surface area contributed by atoms with Crippen LogP contribution >= 0.6 is 0 Å². The second-order valence-electron chi connectivity index (χ2n) is 5.86. The lowest BCUT2D eigenvalue weighted by atomic mass is 9.93. The Morgan fingerprint density at radius 3 is 2.16 bits per heavy atom. The zero-order chi connectivity index (χ0) is 14.4. The molecule has 0 aromatic heterocycles. The van der Waals surface area contributed by atoms with E-state index in [1.54, 1.807) is 0 Å². The quantitative estimate of drug-likeness (QED) is 0.796. The van der Waals surface area contributed by atoms with Crippen LogP contribution < -0.4 is 5.73 Å². The Balaban J connectivity index is 2.51. The number of carbonyl (C=O) groups is 1. The Hall–Kier alpha value is -0.610. The molecule has 4 nitrogen and oxygen atoms in total. The Bertz CT molecular complexity index is 269. The molecule has 1 amide bonds. The van der Waals surface area contributed by atoms with E-state index in [4.69, 9.17) is 5.73 Å². The van der Waals surface area contributed by atoms with Crippen molar-refractivity contribution in [2.24, 2.45) is 17.6 Å². The zero-order valence-electron chi connectivity index (χ0n) is 13.1. The second kappa shape index (κ2) is 7.85. The number of hydrogen-bond acceptors (Lipinski definition) is 3. The molecule has 112 valence electrons. The van der Waals surface area contributed by atoms with E-state index in [9.17, 15) is 4.79 Å². The Kier molecular flexibility index (Phi) is 6.80. The van der Waals surface area contributed by atoms with Crippen LogP contribution in [0.3, 0.4) is 0 Å². The van der Waals surface area contributed by atoms with Crippen LogP contribution in [0.15, 0.2) is 0 Å². The van der Waals surface area contributed by atoms with Gasteiger partial charge in [0.2, 0.25) is 5.91 Å². The van der Waals surface area contributed by atoms with Crippen LogP contribution in [-0.2, 0) is 4.79 Å². The molecule has 19 heavy (non-hydrogen) atoms. The van der Waals surface area contributed by atoms with Crippen molar-refractivity contribution in [2.45, 2.75) is 46.6 Å². The monoisotopic (exact) mass is 269 g/mol. The fraction of sp³-hybridized carbons (Fsp3) is 0.933. The van der Waals surface area contributed by atoms with E-state index in [1.165, 1.54) is 0 Å². The maximum Gasteiger partial charge on any atom is 0.227 e. The molecular weight excluding hydrogens is 238 g/mol. The second-order valence-corrected chi connectivity index (χ2v) is 5.86. The molecule has 1 unspecified atom stereocenters. The molecule has 0 spiro atoms. The standard InChI is InChI=1S/C15H31N3O/c1-5-17(6-2)13-7-9-18(10-8-13)15(19)14(11-16)12(3)4/h12-14H,5-11,16H2,1-4H3. The van der Waals surface area contributed by atoms with Crippen LogP contribution in [0, 0.1) is 11.8 Å². The minimum atomic E-state index is -0.00926. The fourth-order valence-corrected chi connectivity index (χ4v) is 3.08. The number of amides is 1. The van der Waals surface area contributed by atoms with Gasteiger partial charge in [-0.15, -0.1) is 0 Å². The third-order valence-corrected chi connectivity index (χ3v) is 4.48. The topological polar surface area (TPSA) is 49.6 Å². The molecule has 0 aromatic rings. The molecule has 0 radical (unpaired) electrons. The first-order chi connectivity index (χ1) is 9.04. The third kappa shape index (κ3) is 4.18. The average molecular weight is 269 g/mol. The van der Waals surface area contributed by atoms with E-state index in [0.29, 0.717) is 18.5 Å². The highest BCUT2D eigenvalue weighted by atomic mass is 16.2. The SMILES string of the molecule is CCN(CC)C1CCN(C(=O)C(CN)C(C)C)CC1. The summed E-state index contributed by atoms with van der Waals surface area (Å²) in [4.78, 5) is 16.9. The normalized spacial score (nSPS) is 19.2. The molecule has 1 fully saturated rings. The van der Waals surface area contributed by atoms with Crippen molar-refractivity contribution in [3.05, 3.63) is 0 Å². The van der Waals surface area contributed by atoms with Gasteiger partial charge in [0.05, 0.1) is 5.92 Å². The van der Waals surface area contributed by atoms with Crippen LogP contribution in [0.1, 0.15) is 40.5 Å². The van der Waals surface area contributed by atoms with Gasteiger partial charge in [-0.1, -0.05) is 27.7 Å². The molecule has 1 atom stereocenters. The highest BCUT2D eigenvalue weighted by Crippen LogP contribution is 2.20. The molecule has 1 aliphatic heterocycles. The van der Waals surface area contributed by atoms with Crippen LogP contribution in [0.5, 0.6) is 0 Å². The van der Waals surface area contributed by atoms with Crippen molar-refractivity contribution in [1.29, 1.82) is 0 Å². The highest BCUT2D eigenvalue weighted by Gasteiger charge is 2.30. The summed E-state index contributed by atoms with van der Waals surface area (Å²) in [7, 11) is 0. The predicted molar refractivity (Wildman–Crippen MR) is 79.9 cm³/mol. The van der Waals surface area contributed by atoms with Gasteiger partial charge in [0.1, 0.15) is 0 Å². The van der Waals surface area contributed by atoms with E-state index in [1.807, 2.05) is 4.90 Å². The first kappa shape index (κ1) is 16.4. The molecule has 1 saturated heterocycles. The first-order valence-corrected chi connectivity index (χ1v) is 7.77. The van der Waals surface area contributed by atoms with Gasteiger partial charge in [0, 0.05) is 25.7 Å². The Morgan fingerprint density at radius 1 is 1.26 bits per heavy atom. The maximum absolute atomic E-state index is 12.4. The number of piperidine rings is 1. The molecule has 1 heterocycles. The predicted octanol–water partition coefficient (Wildman–Crippen LogP) is 1.55. The molecule has 0 aliphatic carbocycles.